The van der Waals surface area contributed by atoms with Crippen LogP contribution in [0.3, 0.4) is 0 Å². The van der Waals surface area contributed by atoms with Gasteiger partial charge in [-0.1, -0.05) is 42.5 Å². The van der Waals surface area contributed by atoms with Crippen LogP contribution in [0.5, 0.6) is 0 Å². The number of rotatable bonds is 7. The van der Waals surface area contributed by atoms with Gasteiger partial charge in [-0.25, -0.2) is 13.8 Å². The van der Waals surface area contributed by atoms with Crippen LogP contribution in [-0.4, -0.2) is 52.5 Å². The van der Waals surface area contributed by atoms with E-state index in [0.29, 0.717) is 0 Å². The van der Waals surface area contributed by atoms with Crippen molar-refractivity contribution in [2.24, 2.45) is 5.10 Å². The third-order valence-corrected chi connectivity index (χ3v) is 6.41. The predicted octanol–water partition coefficient (Wildman–Crippen LogP) is 2.68. The maximum atomic E-state index is 12.8. The number of hydrogen-bond donors (Lipinski definition) is 1. The molecule has 0 atom stereocenters. The summed E-state index contributed by atoms with van der Waals surface area (Å²) in [5.74, 6) is -0.525. The first-order valence-corrected chi connectivity index (χ1v) is 10.8. The predicted molar refractivity (Wildman–Crippen MR) is 120 cm³/mol. The Morgan fingerprint density at radius 3 is 2.30 bits per heavy atom. The molecule has 7 nitrogen and oxygen atoms in total. The highest BCUT2D eigenvalue weighted by molar-refractivity contribution is 7.89. The Hall–Kier alpha value is -3.23. The molecule has 0 unspecified atom stereocenters. The van der Waals surface area contributed by atoms with Crippen LogP contribution in [-0.2, 0) is 14.8 Å². The van der Waals surface area contributed by atoms with E-state index in [1.54, 1.807) is 18.2 Å². The second kappa shape index (κ2) is 9.06. The molecule has 0 saturated carbocycles. The largest absolute Gasteiger partial charge is 0.378 e. The van der Waals surface area contributed by atoms with Crippen LogP contribution in [0.2, 0.25) is 0 Å². The highest BCUT2D eigenvalue weighted by atomic mass is 32.2. The van der Waals surface area contributed by atoms with Crippen LogP contribution in [0.25, 0.3) is 10.8 Å². The van der Waals surface area contributed by atoms with Crippen LogP contribution in [0.4, 0.5) is 5.69 Å². The summed E-state index contributed by atoms with van der Waals surface area (Å²) in [5.41, 5.74) is 4.24. The normalized spacial score (nSPS) is 11.9. The fourth-order valence-electron chi connectivity index (χ4n) is 2.87. The average Bonchev–Trinajstić information content (AvgIpc) is 2.73. The molecule has 1 amide bonds. The molecule has 0 spiro atoms. The summed E-state index contributed by atoms with van der Waals surface area (Å²) in [5, 5.41) is 5.67. The van der Waals surface area contributed by atoms with Crippen LogP contribution in [0.15, 0.2) is 76.7 Å². The second-order valence-corrected chi connectivity index (χ2v) is 9.09. The van der Waals surface area contributed by atoms with Gasteiger partial charge in [0.15, 0.2) is 0 Å². The molecule has 3 aromatic rings. The summed E-state index contributed by atoms with van der Waals surface area (Å²) in [6.07, 6.45) is 1.51. The van der Waals surface area contributed by atoms with Crippen LogP contribution < -0.4 is 10.3 Å². The number of nitrogens with zero attached hydrogens (tertiary/aromatic N) is 3. The lowest BCUT2D eigenvalue weighted by Gasteiger charge is -2.16. The standard InChI is InChI=1S/C22H24N4O3S/c1-25(2)20-11-8-17(9-12-20)15-23-24-22(27)16-26(3)30(28,29)21-13-10-18-6-4-5-7-19(18)14-21/h4-15H,16H2,1-3H3,(H,24,27). The molecular formula is C22H24N4O3S. The van der Waals surface area contributed by atoms with Crippen molar-refractivity contribution in [3.63, 3.8) is 0 Å². The SMILES string of the molecule is CN(C)c1ccc(C=NNC(=O)CN(C)S(=O)(=O)c2ccc3ccccc3c2)cc1. The van der Waals surface area contributed by atoms with Gasteiger partial charge < -0.3 is 4.90 Å². The molecule has 156 valence electrons. The van der Waals surface area contributed by atoms with E-state index < -0.39 is 15.9 Å². The van der Waals surface area contributed by atoms with E-state index in [-0.39, 0.29) is 11.4 Å². The van der Waals surface area contributed by atoms with E-state index in [1.165, 1.54) is 13.3 Å². The first-order chi connectivity index (χ1) is 14.3. The average molecular weight is 425 g/mol. The van der Waals surface area contributed by atoms with Crippen molar-refractivity contribution in [1.82, 2.24) is 9.73 Å². The van der Waals surface area contributed by atoms with E-state index in [9.17, 15) is 13.2 Å². The molecule has 0 heterocycles. The molecule has 0 radical (unpaired) electrons. The Balaban J connectivity index is 1.62. The van der Waals surface area contributed by atoms with Gasteiger partial charge in [0.25, 0.3) is 5.91 Å². The molecule has 3 rings (SSSR count). The van der Waals surface area contributed by atoms with Crippen LogP contribution >= 0.6 is 0 Å². The summed E-state index contributed by atoms with van der Waals surface area (Å²) in [4.78, 5) is 14.3. The number of nitrogens with one attached hydrogen (secondary N) is 1. The van der Waals surface area contributed by atoms with Gasteiger partial charge in [-0.05, 0) is 40.6 Å². The summed E-state index contributed by atoms with van der Waals surface area (Å²) in [7, 11) is 1.47. The van der Waals surface area contributed by atoms with Crippen molar-refractivity contribution in [3.05, 3.63) is 72.3 Å². The van der Waals surface area contributed by atoms with Gasteiger partial charge in [-0.2, -0.15) is 9.41 Å². The molecule has 0 aromatic heterocycles. The monoisotopic (exact) mass is 424 g/mol. The zero-order valence-electron chi connectivity index (χ0n) is 17.1. The van der Waals surface area contributed by atoms with Gasteiger partial charge >= 0.3 is 0 Å². The Kier molecular flexibility index (Phi) is 6.49. The molecule has 1 N–H and O–H groups in total. The van der Waals surface area contributed by atoms with Crippen LogP contribution in [0.1, 0.15) is 5.56 Å². The van der Waals surface area contributed by atoms with E-state index in [4.69, 9.17) is 0 Å². The zero-order valence-corrected chi connectivity index (χ0v) is 17.9. The first-order valence-electron chi connectivity index (χ1n) is 9.32. The summed E-state index contributed by atoms with van der Waals surface area (Å²) >= 11 is 0. The molecule has 0 aliphatic rings. The van der Waals surface area contributed by atoms with Crippen molar-refractivity contribution >= 4 is 38.6 Å². The van der Waals surface area contributed by atoms with E-state index >= 15 is 0 Å². The quantitative estimate of drug-likeness (QED) is 0.467. The van der Waals surface area contributed by atoms with Gasteiger partial charge in [0.1, 0.15) is 0 Å². The van der Waals surface area contributed by atoms with Crippen molar-refractivity contribution < 1.29 is 13.2 Å². The number of carbonyl (C=O) groups excluding carboxylic acids is 1. The number of sulfonamides is 1. The minimum Gasteiger partial charge on any atom is -0.378 e. The topological polar surface area (TPSA) is 82.1 Å². The number of carbonyl (C=O) groups is 1. The number of hydrazone groups is 1. The van der Waals surface area contributed by atoms with Crippen molar-refractivity contribution in [3.8, 4) is 0 Å². The molecular weight excluding hydrogens is 400 g/mol. The maximum absolute atomic E-state index is 12.8. The summed E-state index contributed by atoms with van der Waals surface area (Å²) < 4.78 is 26.6. The first kappa shape index (κ1) is 21.5. The summed E-state index contributed by atoms with van der Waals surface area (Å²) in [6.45, 7) is -0.341. The lowest BCUT2D eigenvalue weighted by molar-refractivity contribution is -0.121. The Morgan fingerprint density at radius 2 is 1.63 bits per heavy atom. The molecule has 0 aliphatic carbocycles. The number of benzene rings is 3. The molecule has 8 heteroatoms. The van der Waals surface area contributed by atoms with E-state index in [1.807, 2.05) is 67.5 Å². The third-order valence-electron chi connectivity index (χ3n) is 4.61. The zero-order chi connectivity index (χ0) is 21.7. The number of anilines is 1. The van der Waals surface area contributed by atoms with E-state index in [2.05, 4.69) is 10.5 Å². The van der Waals surface area contributed by atoms with Crippen molar-refractivity contribution in [2.45, 2.75) is 4.90 Å². The van der Waals surface area contributed by atoms with Gasteiger partial charge in [0, 0.05) is 26.8 Å². The third kappa shape index (κ3) is 5.03. The highest BCUT2D eigenvalue weighted by Crippen LogP contribution is 2.21. The fraction of sp³-hybridized carbons (Fsp3) is 0.182. The fourth-order valence-corrected chi connectivity index (χ4v) is 4.03. The van der Waals surface area contributed by atoms with Gasteiger partial charge in [0.2, 0.25) is 10.0 Å². The Bertz CT molecular complexity index is 1170. The minimum atomic E-state index is -3.80. The lowest BCUT2D eigenvalue weighted by atomic mass is 10.1. The highest BCUT2D eigenvalue weighted by Gasteiger charge is 2.23. The number of hydrogen-bond acceptors (Lipinski definition) is 5. The van der Waals surface area contributed by atoms with Crippen molar-refractivity contribution in [1.29, 1.82) is 0 Å². The molecule has 0 saturated heterocycles. The molecule has 3 aromatic carbocycles. The minimum absolute atomic E-state index is 0.140. The second-order valence-electron chi connectivity index (χ2n) is 7.05. The van der Waals surface area contributed by atoms with Crippen molar-refractivity contribution in [2.75, 3.05) is 32.6 Å². The molecule has 30 heavy (non-hydrogen) atoms. The number of fused-ring (bicyclic) bond motifs is 1. The van der Waals surface area contributed by atoms with Gasteiger partial charge in [-0.15, -0.1) is 0 Å². The summed E-state index contributed by atoms with van der Waals surface area (Å²) in [6, 6.07) is 20.0. The number of likely N-dealkylation sites (N-methyl/N-ethyl adjacent to an activating group) is 1. The Morgan fingerprint density at radius 1 is 0.967 bits per heavy atom. The van der Waals surface area contributed by atoms with Gasteiger partial charge in [0.05, 0.1) is 17.7 Å². The molecule has 0 aliphatic heterocycles. The Labute approximate surface area is 176 Å². The van der Waals surface area contributed by atoms with E-state index in [0.717, 1.165) is 26.3 Å². The van der Waals surface area contributed by atoms with Crippen LogP contribution in [0, 0.1) is 0 Å². The molecule has 0 fully saturated rings. The smallest absolute Gasteiger partial charge is 0.255 e. The maximum Gasteiger partial charge on any atom is 0.255 e. The lowest BCUT2D eigenvalue weighted by Crippen LogP contribution is -2.36. The van der Waals surface area contributed by atoms with Gasteiger partial charge in [-0.3, -0.25) is 4.79 Å². The number of amides is 1. The molecule has 0 bridgehead atoms.